The maximum Gasteiger partial charge on any atom is 0.411 e. The first-order valence-corrected chi connectivity index (χ1v) is 14.7. The Labute approximate surface area is 264 Å². The van der Waals surface area contributed by atoms with Crippen LogP contribution in [0.2, 0.25) is 5.02 Å². The molecule has 2 aromatic heterocycles. The van der Waals surface area contributed by atoms with Crippen molar-refractivity contribution in [3.05, 3.63) is 70.9 Å². The maximum absolute atomic E-state index is 13.3. The second-order valence-corrected chi connectivity index (χ2v) is 11.0. The number of aromatic amines is 1. The zero-order chi connectivity index (χ0) is 31.9. The van der Waals surface area contributed by atoms with E-state index in [4.69, 9.17) is 21.3 Å². The number of nitrogens with one attached hydrogen (secondary N) is 4. The van der Waals surface area contributed by atoms with E-state index >= 15 is 0 Å². The number of hydrogen-bond donors (Lipinski definition) is 4. The quantitative estimate of drug-likeness (QED) is 0.224. The van der Waals surface area contributed by atoms with E-state index in [1.54, 1.807) is 56.6 Å². The Morgan fingerprint density at radius 2 is 1.98 bits per heavy atom. The van der Waals surface area contributed by atoms with Gasteiger partial charge in [-0.1, -0.05) is 24.4 Å². The summed E-state index contributed by atoms with van der Waals surface area (Å²) in [5.74, 6) is -0.173. The molecule has 0 radical (unpaired) electrons. The predicted octanol–water partition coefficient (Wildman–Crippen LogP) is 4.44. The average molecular weight is 633 g/mol. The van der Waals surface area contributed by atoms with Crippen molar-refractivity contribution in [2.45, 2.75) is 31.7 Å². The molecule has 0 saturated heterocycles. The van der Waals surface area contributed by atoms with Crippen molar-refractivity contribution in [1.29, 1.82) is 0 Å². The fraction of sp³-hybridized carbons (Fsp3) is 0.300. The molecule has 4 aromatic rings. The van der Waals surface area contributed by atoms with Crippen LogP contribution in [0.25, 0.3) is 23.0 Å². The first-order chi connectivity index (χ1) is 21.7. The first kappa shape index (κ1) is 31.2. The molecule has 0 spiro atoms. The number of carbonyl (C=O) groups excluding carboxylic acids is 3. The monoisotopic (exact) mass is 632 g/mol. The van der Waals surface area contributed by atoms with Gasteiger partial charge in [0.2, 0.25) is 5.91 Å². The summed E-state index contributed by atoms with van der Waals surface area (Å²) < 4.78 is 6.21. The van der Waals surface area contributed by atoms with Gasteiger partial charge in [0.05, 0.1) is 18.8 Å². The number of fused-ring (bicyclic) bond motifs is 4. The van der Waals surface area contributed by atoms with Crippen LogP contribution in [0.15, 0.2) is 48.8 Å². The minimum absolute atomic E-state index is 0.276. The van der Waals surface area contributed by atoms with Crippen molar-refractivity contribution in [3.63, 3.8) is 0 Å². The number of hydrogen-bond acceptors (Lipinski definition) is 9. The van der Waals surface area contributed by atoms with Crippen LogP contribution in [0.5, 0.6) is 0 Å². The summed E-state index contributed by atoms with van der Waals surface area (Å²) in [4.78, 5) is 48.0. The topological polar surface area (TPSA) is 172 Å². The third-order valence-electron chi connectivity index (χ3n) is 7.18. The maximum atomic E-state index is 13.3. The van der Waals surface area contributed by atoms with E-state index in [0.29, 0.717) is 57.7 Å². The predicted molar refractivity (Wildman–Crippen MR) is 169 cm³/mol. The van der Waals surface area contributed by atoms with Gasteiger partial charge in [-0.2, -0.15) is 4.68 Å². The molecule has 0 fully saturated rings. The average Bonchev–Trinajstić information content (AvgIpc) is 3.71. The minimum Gasteiger partial charge on any atom is -0.453 e. The van der Waals surface area contributed by atoms with E-state index in [0.717, 1.165) is 19.3 Å². The molecule has 1 aliphatic heterocycles. The van der Waals surface area contributed by atoms with Gasteiger partial charge >= 0.3 is 6.09 Å². The molecular formula is C30H33ClN10O4. The lowest BCUT2D eigenvalue weighted by Crippen LogP contribution is -2.28. The lowest BCUT2D eigenvalue weighted by molar-refractivity contribution is -0.117. The summed E-state index contributed by atoms with van der Waals surface area (Å²) in [6, 6.07) is 9.97. The van der Waals surface area contributed by atoms with Crippen molar-refractivity contribution in [1.82, 2.24) is 40.4 Å². The number of ether oxygens (including phenoxy) is 1. The molecule has 0 saturated carbocycles. The van der Waals surface area contributed by atoms with Gasteiger partial charge in [-0.15, -0.1) is 5.10 Å². The highest BCUT2D eigenvalue weighted by Crippen LogP contribution is 2.34. The Kier molecular flexibility index (Phi) is 9.73. The number of nitrogens with zero attached hydrogens (tertiary/aromatic N) is 6. The summed E-state index contributed by atoms with van der Waals surface area (Å²) in [5, 5.41) is 21.0. The molecule has 0 aliphatic carbocycles. The Hall–Kier alpha value is -5.24. The summed E-state index contributed by atoms with van der Waals surface area (Å²) in [7, 11) is 4.61. The number of rotatable bonds is 6. The molecule has 234 valence electrons. The van der Waals surface area contributed by atoms with E-state index in [-0.39, 0.29) is 17.5 Å². The van der Waals surface area contributed by atoms with Gasteiger partial charge in [0.25, 0.3) is 5.91 Å². The van der Waals surface area contributed by atoms with E-state index in [9.17, 15) is 14.4 Å². The molecule has 15 heteroatoms. The third kappa shape index (κ3) is 7.47. The molecular weight excluding hydrogens is 600 g/mol. The smallest absolute Gasteiger partial charge is 0.411 e. The normalized spacial score (nSPS) is 14.8. The second kappa shape index (κ2) is 14.0. The Balaban J connectivity index is 1.48. The third-order valence-corrected chi connectivity index (χ3v) is 7.42. The lowest BCUT2D eigenvalue weighted by Gasteiger charge is -2.17. The molecule has 3 heterocycles. The summed E-state index contributed by atoms with van der Waals surface area (Å²) >= 11 is 6.23. The zero-order valence-electron chi connectivity index (χ0n) is 25.0. The highest BCUT2D eigenvalue weighted by molar-refractivity contribution is 6.30. The van der Waals surface area contributed by atoms with Crippen LogP contribution in [0.3, 0.4) is 0 Å². The van der Waals surface area contributed by atoms with Crippen molar-refractivity contribution >= 4 is 47.0 Å². The molecule has 4 N–H and O–H groups in total. The number of H-pyrrole nitrogens is 1. The van der Waals surface area contributed by atoms with E-state index in [1.165, 1.54) is 29.1 Å². The van der Waals surface area contributed by atoms with Crippen molar-refractivity contribution < 1.29 is 19.1 Å². The minimum atomic E-state index is -0.594. The van der Waals surface area contributed by atoms with Gasteiger partial charge in [-0.25, -0.2) is 9.78 Å². The van der Waals surface area contributed by atoms with Gasteiger partial charge in [-0.05, 0) is 65.7 Å². The van der Waals surface area contributed by atoms with Crippen LogP contribution in [-0.2, 0) is 9.53 Å². The van der Waals surface area contributed by atoms with Crippen LogP contribution in [-0.4, -0.2) is 80.7 Å². The van der Waals surface area contributed by atoms with E-state index in [2.05, 4.69) is 36.5 Å². The highest BCUT2D eigenvalue weighted by atomic mass is 35.5. The van der Waals surface area contributed by atoms with Crippen LogP contribution < -0.4 is 16.0 Å². The molecule has 3 amide bonds. The highest BCUT2D eigenvalue weighted by Gasteiger charge is 2.26. The summed E-state index contributed by atoms with van der Waals surface area (Å²) in [6.45, 7) is 0.659. The molecule has 14 nitrogen and oxygen atoms in total. The fourth-order valence-corrected chi connectivity index (χ4v) is 5.13. The standard InChI is InChI=1S/C30H33ClN10O4/c1-40(2)29(43)27-26-21-11-10-20(34-30(44)45-3)16-23(21)32-14-6-4-5-7-22(28(36-26)37-27)35-25(42)13-8-18-15-19(31)9-12-24(18)41-17-33-38-39-41/h8-13,15-17,22,32H,4-7,14H2,1-3H3,(H,34,44)(H,35,42)(H,36,37)/b13-8+/t22-/m0/s1. The van der Waals surface area contributed by atoms with Gasteiger partial charge in [0.15, 0.2) is 0 Å². The van der Waals surface area contributed by atoms with Gasteiger partial charge in [0, 0.05) is 54.2 Å². The fourth-order valence-electron chi connectivity index (χ4n) is 4.95. The second-order valence-electron chi connectivity index (χ2n) is 10.6. The number of aromatic nitrogens is 6. The molecule has 0 unspecified atom stereocenters. The molecule has 1 aliphatic rings. The molecule has 45 heavy (non-hydrogen) atoms. The molecule has 5 rings (SSSR count). The molecule has 1 atom stereocenters. The van der Waals surface area contributed by atoms with Crippen LogP contribution >= 0.6 is 11.6 Å². The number of halogens is 1. The largest absolute Gasteiger partial charge is 0.453 e. The number of benzene rings is 2. The summed E-state index contributed by atoms with van der Waals surface area (Å²) in [5.41, 5.74) is 3.89. The Morgan fingerprint density at radius 3 is 2.73 bits per heavy atom. The Morgan fingerprint density at radius 1 is 1.13 bits per heavy atom. The SMILES string of the molecule is COC(=O)Nc1ccc2c(c1)NCCCCC[C@H](NC(=O)/C=C/c1cc(Cl)ccc1-n1cnnn1)c1nc-2c(C(=O)N(C)C)[nH]1. The van der Waals surface area contributed by atoms with Crippen LogP contribution in [0.4, 0.5) is 16.2 Å². The van der Waals surface area contributed by atoms with Crippen molar-refractivity contribution in [3.8, 4) is 16.9 Å². The van der Waals surface area contributed by atoms with Crippen molar-refractivity contribution in [2.24, 2.45) is 0 Å². The number of methoxy groups -OCH3 is 1. The lowest BCUT2D eigenvalue weighted by atomic mass is 10.0. The summed E-state index contributed by atoms with van der Waals surface area (Å²) in [6.07, 6.45) is 7.08. The number of imidazole rings is 1. The first-order valence-electron chi connectivity index (χ1n) is 14.3. The van der Waals surface area contributed by atoms with Gasteiger partial charge in [0.1, 0.15) is 23.5 Å². The van der Waals surface area contributed by atoms with E-state index < -0.39 is 12.1 Å². The van der Waals surface area contributed by atoms with E-state index in [1.807, 2.05) is 0 Å². The number of anilines is 2. The molecule has 2 aromatic carbocycles. The number of tetrazole rings is 1. The zero-order valence-corrected chi connectivity index (χ0v) is 25.8. The van der Waals surface area contributed by atoms with Gasteiger partial charge in [-0.3, -0.25) is 14.9 Å². The number of carbonyl (C=O) groups is 3. The van der Waals surface area contributed by atoms with Crippen molar-refractivity contribution in [2.75, 3.05) is 38.4 Å². The van der Waals surface area contributed by atoms with Crippen LogP contribution in [0.1, 0.15) is 53.6 Å². The van der Waals surface area contributed by atoms with Crippen LogP contribution in [0, 0.1) is 0 Å². The Bertz CT molecular complexity index is 1720. The number of amides is 3. The van der Waals surface area contributed by atoms with Gasteiger partial charge < -0.3 is 25.3 Å². The molecule has 2 bridgehead atoms.